The van der Waals surface area contributed by atoms with Crippen LogP contribution in [0.1, 0.15) is 48.4 Å². The minimum absolute atomic E-state index is 0.194. The van der Waals surface area contributed by atoms with Crippen LogP contribution in [-0.2, 0) is 0 Å². The highest BCUT2D eigenvalue weighted by Crippen LogP contribution is 2.35. The van der Waals surface area contributed by atoms with Crippen molar-refractivity contribution in [3.8, 4) is 0 Å². The third-order valence-electron chi connectivity index (χ3n) is 6.77. The van der Waals surface area contributed by atoms with Crippen LogP contribution in [0, 0.1) is 5.92 Å². The second-order valence-corrected chi connectivity index (χ2v) is 9.07. The Morgan fingerprint density at radius 2 is 1.79 bits per heavy atom. The first-order chi connectivity index (χ1) is 16.7. The van der Waals surface area contributed by atoms with Crippen molar-refractivity contribution < 1.29 is 0 Å². The molecule has 1 N–H and O–H groups in total. The van der Waals surface area contributed by atoms with E-state index in [0.717, 1.165) is 19.4 Å². The number of hydrogen-bond acceptors (Lipinski definition) is 2. The minimum Gasteiger partial charge on any atom is -0.387 e. The molecule has 0 saturated heterocycles. The van der Waals surface area contributed by atoms with Gasteiger partial charge in [-0.2, -0.15) is 0 Å². The van der Waals surface area contributed by atoms with Gasteiger partial charge in [-0.3, -0.25) is 0 Å². The van der Waals surface area contributed by atoms with E-state index in [1.165, 1.54) is 28.0 Å². The Balaban J connectivity index is 1.70. The SMILES string of the molecule is C=C/C=C\C1C=CC(c2ccccc2)N(C[C@@H]2C/C=C\C(C)=C(/NC)c3ccccc32)/C=C/C1. The number of fused-ring (bicyclic) bond motifs is 1. The van der Waals surface area contributed by atoms with Gasteiger partial charge in [0.25, 0.3) is 0 Å². The van der Waals surface area contributed by atoms with Crippen LogP contribution in [0.5, 0.6) is 0 Å². The zero-order chi connectivity index (χ0) is 23.8. The Labute approximate surface area is 205 Å². The van der Waals surface area contributed by atoms with Gasteiger partial charge in [-0.15, -0.1) is 0 Å². The van der Waals surface area contributed by atoms with E-state index >= 15 is 0 Å². The second-order valence-electron chi connectivity index (χ2n) is 9.07. The second kappa shape index (κ2) is 11.6. The molecule has 2 unspecified atom stereocenters. The summed E-state index contributed by atoms with van der Waals surface area (Å²) in [4.78, 5) is 2.52. The molecule has 4 rings (SSSR count). The van der Waals surface area contributed by atoms with Gasteiger partial charge in [0.1, 0.15) is 0 Å². The zero-order valence-corrected chi connectivity index (χ0v) is 20.4. The van der Waals surface area contributed by atoms with E-state index in [9.17, 15) is 0 Å². The smallest absolute Gasteiger partial charge is 0.0721 e. The molecular formula is C32H36N2. The van der Waals surface area contributed by atoms with Gasteiger partial charge >= 0.3 is 0 Å². The summed E-state index contributed by atoms with van der Waals surface area (Å²) < 4.78 is 0. The molecule has 0 spiro atoms. The highest BCUT2D eigenvalue weighted by Gasteiger charge is 2.24. The molecule has 2 aromatic carbocycles. The van der Waals surface area contributed by atoms with Gasteiger partial charge in [0.05, 0.1) is 6.04 Å². The van der Waals surface area contributed by atoms with Crippen molar-refractivity contribution in [2.75, 3.05) is 13.6 Å². The molecule has 0 saturated carbocycles. The summed E-state index contributed by atoms with van der Waals surface area (Å²) in [5.41, 5.74) is 6.54. The van der Waals surface area contributed by atoms with Crippen molar-refractivity contribution in [1.82, 2.24) is 10.2 Å². The lowest BCUT2D eigenvalue weighted by Crippen LogP contribution is -2.29. The summed E-state index contributed by atoms with van der Waals surface area (Å²) in [5, 5.41) is 3.45. The molecule has 1 aliphatic heterocycles. The monoisotopic (exact) mass is 448 g/mol. The fraction of sp³-hybridized carbons (Fsp3) is 0.250. The molecule has 0 fully saturated rings. The Bertz CT molecular complexity index is 1120. The predicted octanol–water partition coefficient (Wildman–Crippen LogP) is 7.56. The van der Waals surface area contributed by atoms with Crippen LogP contribution in [0.4, 0.5) is 0 Å². The van der Waals surface area contributed by atoms with E-state index in [2.05, 4.69) is 121 Å². The van der Waals surface area contributed by atoms with Crippen LogP contribution in [0.25, 0.3) is 5.70 Å². The van der Waals surface area contributed by atoms with Crippen molar-refractivity contribution in [3.63, 3.8) is 0 Å². The normalized spacial score (nSPS) is 26.6. The van der Waals surface area contributed by atoms with E-state index in [-0.39, 0.29) is 6.04 Å². The summed E-state index contributed by atoms with van der Waals surface area (Å²) in [7, 11) is 2.02. The fourth-order valence-corrected chi connectivity index (χ4v) is 5.05. The van der Waals surface area contributed by atoms with Gasteiger partial charge in [0.15, 0.2) is 0 Å². The van der Waals surface area contributed by atoms with Crippen molar-refractivity contribution in [2.45, 2.75) is 31.7 Å². The molecule has 3 atom stereocenters. The minimum atomic E-state index is 0.194. The highest BCUT2D eigenvalue weighted by molar-refractivity contribution is 5.72. The summed E-state index contributed by atoms with van der Waals surface area (Å²) in [6.07, 6.45) is 22.1. The van der Waals surface area contributed by atoms with E-state index in [1.807, 2.05) is 19.2 Å². The van der Waals surface area contributed by atoms with Crippen molar-refractivity contribution in [2.24, 2.45) is 5.92 Å². The summed E-state index contributed by atoms with van der Waals surface area (Å²) in [6.45, 7) is 6.96. The number of benzene rings is 2. The maximum absolute atomic E-state index is 3.83. The first kappa shape index (κ1) is 23.6. The molecule has 174 valence electrons. The Hall–Kier alpha value is -3.52. The lowest BCUT2D eigenvalue weighted by atomic mass is 9.86. The average molecular weight is 449 g/mol. The van der Waals surface area contributed by atoms with Gasteiger partial charge < -0.3 is 10.2 Å². The molecule has 0 bridgehead atoms. The Morgan fingerprint density at radius 3 is 2.59 bits per heavy atom. The molecule has 1 heterocycles. The largest absolute Gasteiger partial charge is 0.387 e. The Morgan fingerprint density at radius 1 is 1.00 bits per heavy atom. The van der Waals surface area contributed by atoms with Gasteiger partial charge in [0.2, 0.25) is 0 Å². The van der Waals surface area contributed by atoms with Crippen LogP contribution in [-0.4, -0.2) is 18.5 Å². The van der Waals surface area contributed by atoms with Crippen molar-refractivity contribution in [1.29, 1.82) is 0 Å². The van der Waals surface area contributed by atoms with Crippen LogP contribution in [0.15, 0.2) is 122 Å². The van der Waals surface area contributed by atoms with Gasteiger partial charge in [-0.1, -0.05) is 110 Å². The van der Waals surface area contributed by atoms with Crippen LogP contribution < -0.4 is 5.32 Å². The van der Waals surface area contributed by atoms with Crippen molar-refractivity contribution in [3.05, 3.63) is 138 Å². The first-order valence-electron chi connectivity index (χ1n) is 12.3. The average Bonchev–Trinajstić information content (AvgIpc) is 2.85. The van der Waals surface area contributed by atoms with E-state index in [0.29, 0.717) is 11.8 Å². The highest BCUT2D eigenvalue weighted by atomic mass is 15.1. The molecule has 2 aromatic rings. The number of hydrogen-bond donors (Lipinski definition) is 1. The van der Waals surface area contributed by atoms with E-state index in [4.69, 9.17) is 0 Å². The topological polar surface area (TPSA) is 15.3 Å². The van der Waals surface area contributed by atoms with E-state index < -0.39 is 0 Å². The third-order valence-corrected chi connectivity index (χ3v) is 6.77. The number of rotatable bonds is 6. The predicted molar refractivity (Wildman–Crippen MR) is 146 cm³/mol. The third kappa shape index (κ3) is 5.51. The Kier molecular flexibility index (Phi) is 8.04. The quantitative estimate of drug-likeness (QED) is 0.362. The van der Waals surface area contributed by atoms with Gasteiger partial charge in [0, 0.05) is 30.8 Å². The molecule has 0 amide bonds. The van der Waals surface area contributed by atoms with Crippen LogP contribution in [0.3, 0.4) is 0 Å². The lowest BCUT2D eigenvalue weighted by molar-refractivity contribution is 0.298. The maximum atomic E-state index is 3.83. The standard InChI is InChI=1S/C32H36N2/c1-4-5-14-26-15-12-23-34(31(22-21-26)27-16-7-6-8-17-27)24-28-18-11-13-25(2)32(33-3)30-20-10-9-19-29(28)30/h4-14,16-17,19-23,26,28,31,33H,1,15,18,24H2,2-3H3/b13-11-,14-5-,22-21?,23-12+,32-25-/t26?,28-,31?/m0/s1. The maximum Gasteiger partial charge on any atom is 0.0721 e. The fourth-order valence-electron chi connectivity index (χ4n) is 5.05. The van der Waals surface area contributed by atoms with Crippen molar-refractivity contribution >= 4 is 5.70 Å². The lowest BCUT2D eigenvalue weighted by Gasteiger charge is -2.35. The number of nitrogens with one attached hydrogen (secondary N) is 1. The number of allylic oxidation sites excluding steroid dienone is 8. The zero-order valence-electron chi connectivity index (χ0n) is 20.4. The van der Waals surface area contributed by atoms with E-state index in [1.54, 1.807) is 0 Å². The number of nitrogens with zero attached hydrogens (tertiary/aromatic N) is 1. The van der Waals surface area contributed by atoms with Gasteiger partial charge in [-0.25, -0.2) is 0 Å². The van der Waals surface area contributed by atoms with Gasteiger partial charge in [-0.05, 0) is 48.6 Å². The molecule has 2 heteroatoms. The molecule has 1 aliphatic carbocycles. The first-order valence-corrected chi connectivity index (χ1v) is 12.3. The molecule has 0 aromatic heterocycles. The molecule has 2 nitrogen and oxygen atoms in total. The molecule has 34 heavy (non-hydrogen) atoms. The van der Waals surface area contributed by atoms with Crippen LogP contribution in [0.2, 0.25) is 0 Å². The van der Waals surface area contributed by atoms with Crippen LogP contribution >= 0.6 is 0 Å². The summed E-state index contributed by atoms with van der Waals surface area (Å²) >= 11 is 0. The molecule has 2 aliphatic rings. The summed E-state index contributed by atoms with van der Waals surface area (Å²) in [6, 6.07) is 19.9. The molecular weight excluding hydrogens is 412 g/mol. The molecule has 0 radical (unpaired) electrons. The summed E-state index contributed by atoms with van der Waals surface area (Å²) in [5.74, 6) is 0.781.